The van der Waals surface area contributed by atoms with E-state index >= 15 is 0 Å². The molecule has 0 saturated carbocycles. The summed E-state index contributed by atoms with van der Waals surface area (Å²) in [6.45, 7) is 6.52. The quantitative estimate of drug-likeness (QED) is 0.0261. The Balaban J connectivity index is 4.36. The zero-order chi connectivity index (χ0) is 57.8. The van der Waals surface area contributed by atoms with E-state index in [1.165, 1.54) is 225 Å². The van der Waals surface area contributed by atoms with Crippen LogP contribution >= 0.6 is 0 Å². The van der Waals surface area contributed by atoms with Gasteiger partial charge in [-0.2, -0.15) is 0 Å². The normalized spacial score (nSPS) is 12.6. The Morgan fingerprint density at radius 3 is 0.812 bits per heavy atom. The van der Waals surface area contributed by atoms with Crippen LogP contribution in [0.25, 0.3) is 0 Å². The van der Waals surface area contributed by atoms with Crippen molar-refractivity contribution < 1.29 is 28.6 Å². The minimum absolute atomic E-state index is 0.103. The van der Waals surface area contributed by atoms with Gasteiger partial charge in [-0.05, 0) is 83.5 Å². The molecule has 462 valence electrons. The molecule has 0 spiro atoms. The summed E-state index contributed by atoms with van der Waals surface area (Å²) in [6.07, 6.45) is 90.5. The first kappa shape index (κ1) is 76.6. The summed E-state index contributed by atoms with van der Waals surface area (Å²) in [4.78, 5) is 38.4. The van der Waals surface area contributed by atoms with E-state index in [-0.39, 0.29) is 37.5 Å². The number of hydrogen-bond donors (Lipinski definition) is 0. The van der Waals surface area contributed by atoms with E-state index in [1.807, 2.05) is 6.08 Å². The highest BCUT2D eigenvalue weighted by Crippen LogP contribution is 2.17. The van der Waals surface area contributed by atoms with Crippen LogP contribution in [0.15, 0.2) is 85.1 Å². The van der Waals surface area contributed by atoms with Crippen LogP contribution in [-0.2, 0) is 28.6 Å². The molecule has 0 amide bonds. The first-order valence-corrected chi connectivity index (χ1v) is 34.6. The third-order valence-corrected chi connectivity index (χ3v) is 15.1. The molecule has 6 heteroatoms. The monoisotopic (exact) mass is 1110 g/mol. The van der Waals surface area contributed by atoms with Crippen molar-refractivity contribution in [3.05, 3.63) is 85.1 Å². The fourth-order valence-electron chi connectivity index (χ4n) is 10.00. The predicted molar refractivity (Wildman–Crippen MR) is 348 cm³/mol. The maximum Gasteiger partial charge on any atom is 0.306 e. The molecule has 0 aromatic heterocycles. The second-order valence-corrected chi connectivity index (χ2v) is 23.1. The Kier molecular flexibility index (Phi) is 65.2. The molecule has 0 radical (unpaired) electrons. The van der Waals surface area contributed by atoms with E-state index in [0.29, 0.717) is 19.3 Å². The molecular formula is C74H130O6. The molecule has 0 N–H and O–H groups in total. The van der Waals surface area contributed by atoms with Gasteiger partial charge in [-0.3, -0.25) is 14.4 Å². The van der Waals surface area contributed by atoms with Crippen molar-refractivity contribution in [3.63, 3.8) is 0 Å². The molecule has 80 heavy (non-hydrogen) atoms. The minimum Gasteiger partial charge on any atom is -0.462 e. The highest BCUT2D eigenvalue weighted by atomic mass is 16.6. The van der Waals surface area contributed by atoms with Crippen molar-refractivity contribution in [2.75, 3.05) is 13.2 Å². The van der Waals surface area contributed by atoms with Crippen molar-refractivity contribution in [3.8, 4) is 0 Å². The smallest absolute Gasteiger partial charge is 0.306 e. The van der Waals surface area contributed by atoms with Gasteiger partial charge in [0.25, 0.3) is 0 Å². The lowest BCUT2D eigenvalue weighted by molar-refractivity contribution is -0.166. The van der Waals surface area contributed by atoms with E-state index in [9.17, 15) is 14.4 Å². The van der Waals surface area contributed by atoms with Gasteiger partial charge in [0, 0.05) is 19.3 Å². The van der Waals surface area contributed by atoms with Crippen LogP contribution in [0.4, 0.5) is 0 Å². The Hall–Kier alpha value is -3.41. The van der Waals surface area contributed by atoms with Gasteiger partial charge in [0.15, 0.2) is 6.10 Å². The van der Waals surface area contributed by atoms with Crippen LogP contribution in [0.5, 0.6) is 0 Å². The predicted octanol–water partition coefficient (Wildman–Crippen LogP) is 23.8. The van der Waals surface area contributed by atoms with Gasteiger partial charge in [0.1, 0.15) is 13.2 Å². The molecule has 0 aliphatic heterocycles. The molecule has 0 fully saturated rings. The summed E-state index contributed by atoms with van der Waals surface area (Å²) in [7, 11) is 0. The molecule has 0 rings (SSSR count). The highest BCUT2D eigenvalue weighted by Gasteiger charge is 2.19. The number of unbranched alkanes of at least 4 members (excludes halogenated alkanes) is 38. The summed E-state index contributed by atoms with van der Waals surface area (Å²) in [5.41, 5.74) is 0. The number of carbonyl (C=O) groups is 3. The molecule has 0 heterocycles. The second-order valence-electron chi connectivity index (χ2n) is 23.1. The van der Waals surface area contributed by atoms with Crippen LogP contribution in [0.1, 0.15) is 348 Å². The highest BCUT2D eigenvalue weighted by molar-refractivity contribution is 5.71. The molecule has 0 aliphatic carbocycles. The molecule has 0 aliphatic rings. The van der Waals surface area contributed by atoms with E-state index in [4.69, 9.17) is 14.2 Å². The Morgan fingerprint density at radius 1 is 0.263 bits per heavy atom. The maximum atomic E-state index is 12.9. The zero-order valence-corrected chi connectivity index (χ0v) is 53.1. The summed E-state index contributed by atoms with van der Waals surface area (Å²) < 4.78 is 16.9. The van der Waals surface area contributed by atoms with Crippen LogP contribution in [0.3, 0.4) is 0 Å². The number of carbonyl (C=O) groups excluding carboxylic acids is 3. The second kappa shape index (κ2) is 68.1. The summed E-state index contributed by atoms with van der Waals surface area (Å²) in [5.74, 6) is -0.969. The summed E-state index contributed by atoms with van der Waals surface area (Å²) >= 11 is 0. The Morgan fingerprint density at radius 2 is 0.512 bits per heavy atom. The minimum atomic E-state index is -0.817. The van der Waals surface area contributed by atoms with Gasteiger partial charge in [-0.25, -0.2) is 0 Å². The molecule has 0 bridgehead atoms. The van der Waals surface area contributed by atoms with Crippen molar-refractivity contribution in [1.82, 2.24) is 0 Å². The van der Waals surface area contributed by atoms with Crippen molar-refractivity contribution in [1.29, 1.82) is 0 Å². The number of allylic oxidation sites excluding steroid dienone is 14. The molecule has 0 aromatic carbocycles. The van der Waals surface area contributed by atoms with Gasteiger partial charge in [0.2, 0.25) is 0 Å². The van der Waals surface area contributed by atoms with E-state index in [0.717, 1.165) is 77.0 Å². The third kappa shape index (κ3) is 65.4. The van der Waals surface area contributed by atoms with Crippen molar-refractivity contribution in [2.45, 2.75) is 354 Å². The third-order valence-electron chi connectivity index (χ3n) is 15.1. The van der Waals surface area contributed by atoms with Crippen molar-refractivity contribution in [2.24, 2.45) is 0 Å². The van der Waals surface area contributed by atoms with Crippen molar-refractivity contribution >= 4 is 17.9 Å². The van der Waals surface area contributed by atoms with Gasteiger partial charge >= 0.3 is 17.9 Å². The van der Waals surface area contributed by atoms with Gasteiger partial charge in [-0.1, -0.05) is 331 Å². The lowest BCUT2D eigenvalue weighted by atomic mass is 10.0. The molecule has 1 unspecified atom stereocenters. The summed E-state index contributed by atoms with van der Waals surface area (Å²) in [6, 6.07) is 0. The molecule has 6 nitrogen and oxygen atoms in total. The van der Waals surface area contributed by atoms with E-state index in [1.54, 1.807) is 0 Å². The van der Waals surface area contributed by atoms with Crippen LogP contribution in [0, 0.1) is 0 Å². The fraction of sp³-hybridized carbons (Fsp3) is 0.770. The average molecular weight is 1120 g/mol. The first-order valence-electron chi connectivity index (χ1n) is 34.6. The largest absolute Gasteiger partial charge is 0.462 e. The first-order chi connectivity index (χ1) is 39.5. The average Bonchev–Trinajstić information content (AvgIpc) is 3.46. The SMILES string of the molecule is CC/C=C\C/C=C\C/C=C\C/C=C\C/C=C\C/C=C\CCC(=O)OC(COC(=O)CCCCCCCCCCCCCCCCCC)COC(=O)CCCCCCCCCCCCCCCCC/C=C\CCCCCCCCCC. The Labute approximate surface area is 496 Å². The number of ether oxygens (including phenoxy) is 3. The lowest BCUT2D eigenvalue weighted by Crippen LogP contribution is -2.30. The lowest BCUT2D eigenvalue weighted by Gasteiger charge is -2.18. The fourth-order valence-corrected chi connectivity index (χ4v) is 10.00. The van der Waals surface area contributed by atoms with Gasteiger partial charge in [-0.15, -0.1) is 0 Å². The standard InChI is InChI=1S/C74H130O6/c1-4-7-10-13-16-19-22-25-28-31-33-34-35-36-37-38-39-40-42-43-46-49-52-55-58-61-64-67-73(76)79-70-71(69-78-72(75)66-63-60-57-54-51-48-45-30-27-24-21-18-15-12-9-6-3)80-74(77)68-65-62-59-56-53-50-47-44-41-32-29-26-23-20-17-14-11-8-5-2/h8,11,17,20,26,29,31,33,41,44,50,53,59,62,71H,4-7,9-10,12-16,18-19,21-25,27-28,30,32,34-40,42-43,45-49,51-52,54-58,60-61,63-70H2,1-3H3/b11-8-,20-17-,29-26-,33-31-,44-41-,53-50-,62-59-. The van der Waals surface area contributed by atoms with E-state index < -0.39 is 6.10 Å². The molecule has 0 aromatic rings. The number of esters is 3. The van der Waals surface area contributed by atoms with Crippen LogP contribution < -0.4 is 0 Å². The Bertz CT molecular complexity index is 1520. The van der Waals surface area contributed by atoms with Gasteiger partial charge in [0.05, 0.1) is 0 Å². The van der Waals surface area contributed by atoms with Crippen LogP contribution in [-0.4, -0.2) is 37.2 Å². The van der Waals surface area contributed by atoms with Gasteiger partial charge < -0.3 is 14.2 Å². The topological polar surface area (TPSA) is 78.9 Å². The van der Waals surface area contributed by atoms with Crippen LogP contribution in [0.2, 0.25) is 0 Å². The maximum absolute atomic E-state index is 12.9. The molecular weight excluding hydrogens is 985 g/mol. The van der Waals surface area contributed by atoms with E-state index in [2.05, 4.69) is 99.8 Å². The number of rotatable bonds is 63. The summed E-state index contributed by atoms with van der Waals surface area (Å²) in [5, 5.41) is 0. The zero-order valence-electron chi connectivity index (χ0n) is 53.1. The number of hydrogen-bond acceptors (Lipinski definition) is 6. The molecule has 1 atom stereocenters. The molecule has 0 saturated heterocycles.